The number of hydrogen-bond acceptors (Lipinski definition) is 7. The molecule has 1 saturated heterocycles. The molecule has 156 valence electrons. The number of carbonyl (C=O) groups excluding carboxylic acids is 1. The number of ether oxygens (including phenoxy) is 1. The number of amides is 1. The van der Waals surface area contributed by atoms with E-state index in [-0.39, 0.29) is 29.4 Å². The Morgan fingerprint density at radius 1 is 1.28 bits per heavy atom. The fourth-order valence-corrected chi connectivity index (χ4v) is 3.97. The lowest BCUT2D eigenvalue weighted by atomic mass is 9.64. The number of nitrogens with zero attached hydrogens (tertiary/aromatic N) is 3. The average Bonchev–Trinajstić information content (AvgIpc) is 3.24. The molecule has 1 aromatic heterocycles. The van der Waals surface area contributed by atoms with E-state index in [0.29, 0.717) is 31.3 Å². The Bertz CT molecular complexity index is 856. The monoisotopic (exact) mass is 400 g/mol. The van der Waals surface area contributed by atoms with Crippen molar-refractivity contribution in [1.29, 1.82) is 0 Å². The minimum Gasteiger partial charge on any atom is -0.497 e. The molecule has 0 spiro atoms. The van der Waals surface area contributed by atoms with Crippen molar-refractivity contribution in [3.8, 4) is 17.1 Å². The molecule has 2 aliphatic rings. The molecular formula is C21H28N4O4. The summed E-state index contributed by atoms with van der Waals surface area (Å²) < 4.78 is 10.6. The van der Waals surface area contributed by atoms with Crippen LogP contribution in [0.5, 0.6) is 5.75 Å². The highest BCUT2D eigenvalue weighted by atomic mass is 16.5. The molecule has 0 bridgehead atoms. The fraction of sp³-hybridized carbons (Fsp3) is 0.571. The van der Waals surface area contributed by atoms with Gasteiger partial charge in [0.15, 0.2) is 0 Å². The highest BCUT2D eigenvalue weighted by molar-refractivity contribution is 5.79. The first-order valence-electron chi connectivity index (χ1n) is 10.1. The van der Waals surface area contributed by atoms with Gasteiger partial charge in [-0.05, 0) is 43.5 Å². The third kappa shape index (κ3) is 3.81. The van der Waals surface area contributed by atoms with E-state index in [2.05, 4.69) is 15.5 Å². The first-order valence-corrected chi connectivity index (χ1v) is 10.1. The van der Waals surface area contributed by atoms with Gasteiger partial charge in [-0.15, -0.1) is 0 Å². The van der Waals surface area contributed by atoms with Crippen molar-refractivity contribution in [3.05, 3.63) is 24.3 Å². The van der Waals surface area contributed by atoms with Crippen molar-refractivity contribution in [2.24, 2.45) is 11.3 Å². The molecule has 4 rings (SSSR count). The standard InChI is InChI=1S/C21H28N4O4/c1-21(2)16(12-17(21)26)22-19(27)14-8-10-25(11-9-14)20-23-18(24-29-20)13-4-6-15(28-3)7-5-13/h4-7,14,16-17,26H,8-12H2,1-3H3,(H,22,27). The summed E-state index contributed by atoms with van der Waals surface area (Å²) in [6, 6.07) is 8.03. The Labute approximate surface area is 170 Å². The molecule has 1 saturated carbocycles. The van der Waals surface area contributed by atoms with E-state index in [9.17, 15) is 9.90 Å². The van der Waals surface area contributed by atoms with Gasteiger partial charge in [-0.2, -0.15) is 4.98 Å². The summed E-state index contributed by atoms with van der Waals surface area (Å²) in [4.78, 5) is 19.1. The van der Waals surface area contributed by atoms with Gasteiger partial charge in [0.2, 0.25) is 11.7 Å². The van der Waals surface area contributed by atoms with Crippen molar-refractivity contribution in [2.75, 3.05) is 25.1 Å². The molecule has 8 heteroatoms. The van der Waals surface area contributed by atoms with Gasteiger partial charge >= 0.3 is 6.01 Å². The van der Waals surface area contributed by atoms with Crippen LogP contribution in [0.4, 0.5) is 6.01 Å². The van der Waals surface area contributed by atoms with E-state index in [0.717, 1.165) is 24.2 Å². The van der Waals surface area contributed by atoms with E-state index in [1.165, 1.54) is 0 Å². The first kappa shape index (κ1) is 19.7. The van der Waals surface area contributed by atoms with Crippen LogP contribution in [0.25, 0.3) is 11.4 Å². The molecule has 1 aromatic carbocycles. The third-order valence-corrected chi connectivity index (χ3v) is 6.43. The Morgan fingerprint density at radius 3 is 2.55 bits per heavy atom. The van der Waals surface area contributed by atoms with Gasteiger partial charge < -0.3 is 24.6 Å². The Hall–Kier alpha value is -2.61. The van der Waals surface area contributed by atoms with Gasteiger partial charge in [0.1, 0.15) is 5.75 Å². The van der Waals surface area contributed by atoms with Gasteiger partial charge in [0.25, 0.3) is 0 Å². The molecule has 8 nitrogen and oxygen atoms in total. The predicted molar refractivity (Wildman–Crippen MR) is 108 cm³/mol. The largest absolute Gasteiger partial charge is 0.497 e. The summed E-state index contributed by atoms with van der Waals surface area (Å²) in [7, 11) is 1.63. The number of methoxy groups -OCH3 is 1. The normalized spacial score (nSPS) is 24.1. The summed E-state index contributed by atoms with van der Waals surface area (Å²) in [6.07, 6.45) is 1.77. The van der Waals surface area contributed by atoms with Crippen molar-refractivity contribution in [2.45, 2.75) is 45.3 Å². The fourth-order valence-electron chi connectivity index (χ4n) is 3.97. The van der Waals surface area contributed by atoms with Gasteiger partial charge in [-0.1, -0.05) is 19.0 Å². The Balaban J connectivity index is 1.32. The second kappa shape index (κ2) is 7.67. The molecule has 2 N–H and O–H groups in total. The number of carbonyl (C=O) groups is 1. The molecular weight excluding hydrogens is 372 g/mol. The van der Waals surface area contributed by atoms with Crippen LogP contribution >= 0.6 is 0 Å². The van der Waals surface area contributed by atoms with E-state index in [1.54, 1.807) is 7.11 Å². The molecule has 0 radical (unpaired) electrons. The highest BCUT2D eigenvalue weighted by Crippen LogP contribution is 2.40. The van der Waals surface area contributed by atoms with Gasteiger partial charge in [-0.25, -0.2) is 0 Å². The number of piperidine rings is 1. The summed E-state index contributed by atoms with van der Waals surface area (Å²) >= 11 is 0. The van der Waals surface area contributed by atoms with Gasteiger partial charge in [0.05, 0.1) is 13.2 Å². The average molecular weight is 400 g/mol. The quantitative estimate of drug-likeness (QED) is 0.794. The van der Waals surface area contributed by atoms with Crippen LogP contribution in [0.2, 0.25) is 0 Å². The van der Waals surface area contributed by atoms with E-state index in [4.69, 9.17) is 9.26 Å². The molecule has 2 heterocycles. The lowest BCUT2D eigenvalue weighted by molar-refractivity contribution is -0.133. The minimum atomic E-state index is -0.341. The summed E-state index contributed by atoms with van der Waals surface area (Å²) in [5.74, 6) is 1.37. The predicted octanol–water partition coefficient (Wildman–Crippen LogP) is 2.24. The van der Waals surface area contributed by atoms with E-state index in [1.807, 2.05) is 43.0 Å². The zero-order chi connectivity index (χ0) is 20.6. The maximum atomic E-state index is 12.6. The van der Waals surface area contributed by atoms with Crippen molar-refractivity contribution in [3.63, 3.8) is 0 Å². The van der Waals surface area contributed by atoms with E-state index >= 15 is 0 Å². The van der Waals surface area contributed by atoms with Gasteiger partial charge in [0, 0.05) is 36.0 Å². The topological polar surface area (TPSA) is 101 Å². The Morgan fingerprint density at radius 2 is 1.97 bits per heavy atom. The molecule has 1 amide bonds. The lowest BCUT2D eigenvalue weighted by Crippen LogP contribution is -2.62. The van der Waals surface area contributed by atoms with Crippen LogP contribution < -0.4 is 15.0 Å². The zero-order valence-electron chi connectivity index (χ0n) is 17.1. The van der Waals surface area contributed by atoms with Crippen LogP contribution in [0.1, 0.15) is 33.1 Å². The number of nitrogens with one attached hydrogen (secondary N) is 1. The number of anilines is 1. The van der Waals surface area contributed by atoms with Crippen LogP contribution in [0.3, 0.4) is 0 Å². The number of aromatic nitrogens is 2. The summed E-state index contributed by atoms with van der Waals surface area (Å²) in [6.45, 7) is 5.37. The number of aliphatic hydroxyl groups is 1. The molecule has 29 heavy (non-hydrogen) atoms. The van der Waals surface area contributed by atoms with Crippen molar-refractivity contribution < 1.29 is 19.2 Å². The molecule has 2 atom stereocenters. The second-order valence-corrected chi connectivity index (χ2v) is 8.52. The minimum absolute atomic E-state index is 0.0243. The lowest BCUT2D eigenvalue weighted by Gasteiger charge is -2.49. The van der Waals surface area contributed by atoms with Crippen molar-refractivity contribution >= 4 is 11.9 Å². The van der Waals surface area contributed by atoms with Crippen LogP contribution in [0.15, 0.2) is 28.8 Å². The third-order valence-electron chi connectivity index (χ3n) is 6.43. The second-order valence-electron chi connectivity index (χ2n) is 8.52. The SMILES string of the molecule is COc1ccc(-c2noc(N3CCC(C(=O)NC4CC(O)C4(C)C)CC3)n2)cc1. The van der Waals surface area contributed by atoms with Gasteiger partial charge in [-0.3, -0.25) is 4.79 Å². The maximum Gasteiger partial charge on any atom is 0.324 e. The summed E-state index contributed by atoms with van der Waals surface area (Å²) in [5.41, 5.74) is 0.609. The molecule has 1 aliphatic heterocycles. The molecule has 2 unspecified atom stereocenters. The van der Waals surface area contributed by atoms with E-state index < -0.39 is 0 Å². The number of rotatable bonds is 5. The molecule has 2 fully saturated rings. The van der Waals surface area contributed by atoms with Crippen LogP contribution in [0, 0.1) is 11.3 Å². The molecule has 1 aliphatic carbocycles. The number of hydrogen-bond donors (Lipinski definition) is 2. The van der Waals surface area contributed by atoms with Crippen LogP contribution in [-0.2, 0) is 4.79 Å². The number of benzene rings is 1. The van der Waals surface area contributed by atoms with Crippen molar-refractivity contribution in [1.82, 2.24) is 15.5 Å². The zero-order valence-corrected chi connectivity index (χ0v) is 17.1. The smallest absolute Gasteiger partial charge is 0.324 e. The molecule has 2 aromatic rings. The van der Waals surface area contributed by atoms with Crippen LogP contribution in [-0.4, -0.2) is 53.5 Å². The Kier molecular flexibility index (Phi) is 5.21. The highest BCUT2D eigenvalue weighted by Gasteiger charge is 2.48. The maximum absolute atomic E-state index is 12.6. The first-order chi connectivity index (χ1) is 13.9. The summed E-state index contributed by atoms with van der Waals surface area (Å²) in [5, 5.41) is 17.1. The number of aliphatic hydroxyl groups excluding tert-OH is 1.